The van der Waals surface area contributed by atoms with Crippen LogP contribution in [0.2, 0.25) is 0 Å². The Kier molecular flexibility index (Phi) is 7.37. The zero-order valence-electron chi connectivity index (χ0n) is 15.2. The maximum atomic E-state index is 12.5. The second-order valence-corrected chi connectivity index (χ2v) is 7.56. The molecular weight excluding hydrogens is 320 g/mol. The zero-order valence-corrected chi connectivity index (χ0v) is 16.1. The van der Waals surface area contributed by atoms with E-state index in [-0.39, 0.29) is 12.1 Å². The molecule has 0 aliphatic carbocycles. The highest BCUT2D eigenvalue weighted by Gasteiger charge is 2.34. The maximum absolute atomic E-state index is 12.5. The minimum atomic E-state index is 0.0374. The van der Waals surface area contributed by atoms with Crippen LogP contribution in [0.1, 0.15) is 31.4 Å². The van der Waals surface area contributed by atoms with Crippen molar-refractivity contribution in [2.75, 3.05) is 39.2 Å². The average molecular weight is 351 g/mol. The van der Waals surface area contributed by atoms with Crippen LogP contribution in [0.15, 0.2) is 24.5 Å². The Hall–Kier alpha value is -1.27. The molecule has 5 nitrogen and oxygen atoms in total. The Morgan fingerprint density at radius 3 is 3.00 bits per heavy atom. The molecule has 2 heterocycles. The molecule has 2 amide bonds. The summed E-state index contributed by atoms with van der Waals surface area (Å²) in [5.74, 6) is 1.40. The van der Waals surface area contributed by atoms with Crippen molar-refractivity contribution in [2.45, 2.75) is 31.8 Å². The van der Waals surface area contributed by atoms with Crippen LogP contribution in [0.4, 0.5) is 4.79 Å². The van der Waals surface area contributed by atoms with E-state index in [4.69, 9.17) is 0 Å². The lowest BCUT2D eigenvalue weighted by molar-refractivity contribution is 0.186. The summed E-state index contributed by atoms with van der Waals surface area (Å²) in [6.45, 7) is 3.95. The number of nitrogens with zero attached hydrogens (tertiary/aromatic N) is 3. The second-order valence-electron chi connectivity index (χ2n) is 6.65. The fraction of sp³-hybridized carbons (Fsp3) is 0.667. The van der Waals surface area contributed by atoms with Crippen LogP contribution in [-0.2, 0) is 0 Å². The van der Waals surface area contributed by atoms with Gasteiger partial charge in [-0.1, -0.05) is 13.0 Å². The first-order valence-corrected chi connectivity index (χ1v) is 10.1. The van der Waals surface area contributed by atoms with Crippen LogP contribution in [-0.4, -0.2) is 66.1 Å². The van der Waals surface area contributed by atoms with Crippen LogP contribution < -0.4 is 5.32 Å². The standard InChI is InChI=1S/C18H30N4OS/c1-5-16(13-24-4)20-18(23)22(3)12-15-8-10-21(2)17(15)14-7-6-9-19-11-14/h6-7,9,11,15-17H,5,8,10,12-13H2,1-4H3,(H,20,23)/t15-,16+,17-/m0/s1. The molecule has 0 bridgehead atoms. The van der Waals surface area contributed by atoms with E-state index in [9.17, 15) is 4.79 Å². The molecule has 1 fully saturated rings. The van der Waals surface area contributed by atoms with Crippen molar-refractivity contribution in [1.82, 2.24) is 20.1 Å². The molecule has 0 aromatic carbocycles. The topological polar surface area (TPSA) is 48.5 Å². The van der Waals surface area contributed by atoms with Crippen LogP contribution >= 0.6 is 11.8 Å². The van der Waals surface area contributed by atoms with Crippen molar-refractivity contribution in [1.29, 1.82) is 0 Å². The summed E-state index contributed by atoms with van der Waals surface area (Å²) in [6.07, 6.45) is 7.90. The molecular formula is C18H30N4OS. The SMILES string of the molecule is CC[C@H](CSC)NC(=O)N(C)C[C@@H]1CCN(C)[C@H]1c1cccnc1. The molecule has 0 spiro atoms. The van der Waals surface area contributed by atoms with Crippen molar-refractivity contribution in [3.8, 4) is 0 Å². The molecule has 134 valence electrons. The lowest BCUT2D eigenvalue weighted by Gasteiger charge is -2.29. The highest BCUT2D eigenvalue weighted by molar-refractivity contribution is 7.98. The number of thioether (sulfide) groups is 1. The number of carbonyl (C=O) groups is 1. The molecule has 6 heteroatoms. The van der Waals surface area contributed by atoms with Gasteiger partial charge in [0.1, 0.15) is 0 Å². The minimum Gasteiger partial charge on any atom is -0.334 e. The van der Waals surface area contributed by atoms with Crippen LogP contribution in [0.25, 0.3) is 0 Å². The van der Waals surface area contributed by atoms with Gasteiger partial charge in [-0.3, -0.25) is 9.88 Å². The van der Waals surface area contributed by atoms with Gasteiger partial charge in [0.15, 0.2) is 0 Å². The number of likely N-dealkylation sites (tertiary alicyclic amines) is 1. The number of urea groups is 1. The number of carbonyl (C=O) groups excluding carboxylic acids is 1. The van der Waals surface area contributed by atoms with Gasteiger partial charge in [-0.15, -0.1) is 0 Å². The highest BCUT2D eigenvalue weighted by atomic mass is 32.2. The predicted molar refractivity (Wildman–Crippen MR) is 101 cm³/mol. The van der Waals surface area contributed by atoms with E-state index in [2.05, 4.69) is 41.5 Å². The Bertz CT molecular complexity index is 513. The van der Waals surface area contributed by atoms with Crippen molar-refractivity contribution in [3.05, 3.63) is 30.1 Å². The second kappa shape index (κ2) is 9.28. The minimum absolute atomic E-state index is 0.0374. The van der Waals surface area contributed by atoms with Gasteiger partial charge < -0.3 is 10.2 Å². The molecule has 0 unspecified atom stereocenters. The number of aromatic nitrogens is 1. The Morgan fingerprint density at radius 2 is 2.38 bits per heavy atom. The first-order chi connectivity index (χ1) is 11.6. The molecule has 1 aromatic heterocycles. The number of nitrogens with one attached hydrogen (secondary N) is 1. The van der Waals surface area contributed by atoms with Crippen molar-refractivity contribution in [2.24, 2.45) is 5.92 Å². The Balaban J connectivity index is 1.97. The molecule has 1 aliphatic rings. The van der Waals surface area contributed by atoms with Crippen LogP contribution in [0, 0.1) is 5.92 Å². The van der Waals surface area contributed by atoms with Crippen molar-refractivity contribution < 1.29 is 4.79 Å². The van der Waals surface area contributed by atoms with Crippen molar-refractivity contribution >= 4 is 17.8 Å². The van der Waals surface area contributed by atoms with Gasteiger partial charge in [0.25, 0.3) is 0 Å². The van der Waals surface area contributed by atoms with E-state index < -0.39 is 0 Å². The third-order valence-corrected chi connectivity index (χ3v) is 5.58. The van der Waals surface area contributed by atoms with E-state index in [1.807, 2.05) is 30.4 Å². The summed E-state index contributed by atoms with van der Waals surface area (Å²) in [4.78, 5) is 21.0. The number of amides is 2. The number of hydrogen-bond donors (Lipinski definition) is 1. The Labute approximate surface area is 150 Å². The number of pyridine rings is 1. The van der Waals surface area contributed by atoms with Gasteiger partial charge >= 0.3 is 6.03 Å². The average Bonchev–Trinajstić information content (AvgIpc) is 2.95. The zero-order chi connectivity index (χ0) is 17.5. The van der Waals surface area contributed by atoms with Gasteiger partial charge in [0.05, 0.1) is 0 Å². The summed E-state index contributed by atoms with van der Waals surface area (Å²) in [5.41, 5.74) is 1.24. The predicted octanol–water partition coefficient (Wildman–Crippen LogP) is 2.86. The normalized spacial score (nSPS) is 22.3. The summed E-state index contributed by atoms with van der Waals surface area (Å²) < 4.78 is 0. The number of hydrogen-bond acceptors (Lipinski definition) is 4. The lowest BCUT2D eigenvalue weighted by Crippen LogP contribution is -2.45. The summed E-state index contributed by atoms with van der Waals surface area (Å²) in [7, 11) is 4.06. The third kappa shape index (κ3) is 4.86. The first-order valence-electron chi connectivity index (χ1n) is 8.67. The van der Waals surface area contributed by atoms with E-state index in [0.29, 0.717) is 12.0 Å². The van der Waals surface area contributed by atoms with E-state index in [1.54, 1.807) is 11.8 Å². The lowest BCUT2D eigenvalue weighted by atomic mass is 9.94. The summed E-state index contributed by atoms with van der Waals surface area (Å²) in [5, 5.41) is 3.15. The smallest absolute Gasteiger partial charge is 0.317 e. The summed E-state index contributed by atoms with van der Waals surface area (Å²) in [6, 6.07) is 4.74. The third-order valence-electron chi connectivity index (χ3n) is 4.84. The quantitative estimate of drug-likeness (QED) is 0.821. The first kappa shape index (κ1) is 19.1. The fourth-order valence-corrected chi connectivity index (χ4v) is 4.20. The molecule has 0 radical (unpaired) electrons. The van der Waals surface area contributed by atoms with Crippen molar-refractivity contribution in [3.63, 3.8) is 0 Å². The molecule has 1 saturated heterocycles. The summed E-state index contributed by atoms with van der Waals surface area (Å²) >= 11 is 1.77. The van der Waals surface area contributed by atoms with E-state index in [1.165, 1.54) is 5.56 Å². The van der Waals surface area contributed by atoms with Crippen LogP contribution in [0.5, 0.6) is 0 Å². The van der Waals surface area contributed by atoms with E-state index in [0.717, 1.165) is 31.7 Å². The number of rotatable bonds is 7. The van der Waals surface area contributed by atoms with Gasteiger partial charge in [0.2, 0.25) is 0 Å². The monoisotopic (exact) mass is 350 g/mol. The van der Waals surface area contributed by atoms with Crippen LogP contribution in [0.3, 0.4) is 0 Å². The van der Waals surface area contributed by atoms with Gasteiger partial charge in [-0.2, -0.15) is 11.8 Å². The molecule has 1 aliphatic heterocycles. The van der Waals surface area contributed by atoms with Gasteiger partial charge in [-0.25, -0.2) is 4.79 Å². The van der Waals surface area contributed by atoms with E-state index >= 15 is 0 Å². The van der Waals surface area contributed by atoms with Gasteiger partial charge in [-0.05, 0) is 50.2 Å². The molecule has 2 rings (SSSR count). The molecule has 0 saturated carbocycles. The fourth-order valence-electron chi connectivity index (χ4n) is 3.48. The molecule has 24 heavy (non-hydrogen) atoms. The highest BCUT2D eigenvalue weighted by Crippen LogP contribution is 2.36. The molecule has 1 aromatic rings. The molecule has 1 N–H and O–H groups in total. The molecule has 3 atom stereocenters. The van der Waals surface area contributed by atoms with Gasteiger partial charge in [0, 0.05) is 43.8 Å². The maximum Gasteiger partial charge on any atom is 0.317 e. The largest absolute Gasteiger partial charge is 0.334 e. The Morgan fingerprint density at radius 1 is 1.58 bits per heavy atom.